The van der Waals surface area contributed by atoms with Crippen molar-refractivity contribution < 1.29 is 4.42 Å². The van der Waals surface area contributed by atoms with Crippen LogP contribution in [0.4, 0.5) is 5.69 Å². The van der Waals surface area contributed by atoms with Gasteiger partial charge in [-0.1, -0.05) is 41.6 Å². The maximum absolute atomic E-state index is 5.91. The molecule has 0 saturated heterocycles. The molecule has 0 amide bonds. The fraction of sp³-hybridized carbons (Fsp3) is 0.0714. The Morgan fingerprint density at radius 3 is 2.84 bits per heavy atom. The number of nitrogen functional groups attached to an aromatic ring is 1. The van der Waals surface area contributed by atoms with Crippen molar-refractivity contribution in [2.24, 2.45) is 0 Å². The van der Waals surface area contributed by atoms with Crippen LogP contribution in [0, 0.1) is 0 Å². The van der Waals surface area contributed by atoms with Gasteiger partial charge in [-0.05, 0) is 29.8 Å². The number of fused-ring (bicyclic) bond motifs is 1. The lowest BCUT2D eigenvalue weighted by molar-refractivity contribution is 0.489. The van der Waals surface area contributed by atoms with E-state index in [2.05, 4.69) is 4.98 Å². The highest BCUT2D eigenvalue weighted by molar-refractivity contribution is 7.98. The minimum atomic E-state index is 0.646. The van der Waals surface area contributed by atoms with E-state index in [1.807, 2.05) is 36.4 Å². The van der Waals surface area contributed by atoms with Crippen LogP contribution < -0.4 is 5.73 Å². The van der Waals surface area contributed by atoms with Gasteiger partial charge in [0.1, 0.15) is 5.52 Å². The first-order valence-corrected chi connectivity index (χ1v) is 7.11. The highest BCUT2D eigenvalue weighted by Crippen LogP contribution is 2.28. The minimum absolute atomic E-state index is 0.646. The lowest BCUT2D eigenvalue weighted by atomic mass is 10.2. The van der Waals surface area contributed by atoms with E-state index >= 15 is 0 Å². The molecule has 0 aliphatic carbocycles. The molecule has 0 spiro atoms. The van der Waals surface area contributed by atoms with Crippen LogP contribution in [-0.2, 0) is 5.75 Å². The highest BCUT2D eigenvalue weighted by atomic mass is 35.5. The van der Waals surface area contributed by atoms with E-state index in [0.717, 1.165) is 16.7 Å². The standard InChI is InChI=1S/C14H11ClN2OS/c15-10-6-5-9(11(16)7-10)8-19-14-17-12-3-1-2-4-13(12)18-14/h1-7H,8,16H2. The number of anilines is 1. The largest absolute Gasteiger partial charge is 0.431 e. The number of oxazole rings is 1. The van der Waals surface area contributed by atoms with Crippen molar-refractivity contribution in [2.45, 2.75) is 11.0 Å². The summed E-state index contributed by atoms with van der Waals surface area (Å²) in [6, 6.07) is 13.2. The number of hydrogen-bond donors (Lipinski definition) is 1. The number of nitrogens with two attached hydrogens (primary N) is 1. The number of hydrogen-bond acceptors (Lipinski definition) is 4. The second kappa shape index (κ2) is 5.15. The van der Waals surface area contributed by atoms with Gasteiger partial charge in [0.05, 0.1) is 0 Å². The fourth-order valence-electron chi connectivity index (χ4n) is 1.75. The first-order valence-electron chi connectivity index (χ1n) is 5.74. The Bertz CT molecular complexity index is 693. The summed E-state index contributed by atoms with van der Waals surface area (Å²) in [4.78, 5) is 4.40. The molecule has 2 aromatic carbocycles. The Hall–Kier alpha value is -1.65. The average molecular weight is 291 g/mol. The quantitative estimate of drug-likeness (QED) is 0.575. The van der Waals surface area contributed by atoms with Crippen LogP contribution in [-0.4, -0.2) is 4.98 Å². The number of nitrogens with zero attached hydrogens (tertiary/aromatic N) is 1. The van der Waals surface area contributed by atoms with Crippen LogP contribution in [0.2, 0.25) is 5.02 Å². The van der Waals surface area contributed by atoms with Crippen molar-refractivity contribution in [3.05, 3.63) is 53.1 Å². The van der Waals surface area contributed by atoms with Gasteiger partial charge < -0.3 is 10.2 Å². The SMILES string of the molecule is Nc1cc(Cl)ccc1CSc1nc2ccccc2o1. The first-order chi connectivity index (χ1) is 9.22. The van der Waals surface area contributed by atoms with Gasteiger partial charge in [0.15, 0.2) is 5.58 Å². The Labute approximate surface area is 119 Å². The van der Waals surface area contributed by atoms with E-state index < -0.39 is 0 Å². The van der Waals surface area contributed by atoms with Crippen molar-refractivity contribution in [1.29, 1.82) is 0 Å². The van der Waals surface area contributed by atoms with Gasteiger partial charge in [-0.15, -0.1) is 0 Å². The van der Waals surface area contributed by atoms with Crippen LogP contribution in [0.5, 0.6) is 0 Å². The molecule has 3 aromatic rings. The molecule has 5 heteroatoms. The molecule has 3 rings (SSSR count). The van der Waals surface area contributed by atoms with Gasteiger partial charge in [0.25, 0.3) is 5.22 Å². The summed E-state index contributed by atoms with van der Waals surface area (Å²) in [5.74, 6) is 0.704. The zero-order valence-corrected chi connectivity index (χ0v) is 11.5. The number of rotatable bonds is 3. The summed E-state index contributed by atoms with van der Waals surface area (Å²) in [6.07, 6.45) is 0. The predicted molar refractivity (Wildman–Crippen MR) is 79.4 cm³/mol. The molecule has 0 saturated carbocycles. The third-order valence-corrected chi connectivity index (χ3v) is 3.85. The number of thioether (sulfide) groups is 1. The summed E-state index contributed by atoms with van der Waals surface area (Å²) < 4.78 is 5.64. The molecule has 0 aliphatic rings. The third kappa shape index (κ3) is 2.69. The highest BCUT2D eigenvalue weighted by Gasteiger charge is 2.07. The molecule has 96 valence electrons. The lowest BCUT2D eigenvalue weighted by Gasteiger charge is -2.03. The van der Waals surface area contributed by atoms with Gasteiger partial charge in [-0.3, -0.25) is 0 Å². The first kappa shape index (κ1) is 12.4. The molecule has 19 heavy (non-hydrogen) atoms. The lowest BCUT2D eigenvalue weighted by Crippen LogP contribution is -1.92. The van der Waals surface area contributed by atoms with E-state index in [1.54, 1.807) is 6.07 Å². The van der Waals surface area contributed by atoms with Gasteiger partial charge in [0, 0.05) is 16.5 Å². The van der Waals surface area contributed by atoms with E-state index in [9.17, 15) is 0 Å². The van der Waals surface area contributed by atoms with Crippen molar-refractivity contribution >= 4 is 40.1 Å². The van der Waals surface area contributed by atoms with Crippen molar-refractivity contribution in [1.82, 2.24) is 4.98 Å². The molecular formula is C14H11ClN2OS. The molecular weight excluding hydrogens is 280 g/mol. The van der Waals surface area contributed by atoms with Crippen molar-refractivity contribution in [3.63, 3.8) is 0 Å². The zero-order chi connectivity index (χ0) is 13.2. The van der Waals surface area contributed by atoms with Crippen molar-refractivity contribution in [2.75, 3.05) is 5.73 Å². The molecule has 0 unspecified atom stereocenters. The minimum Gasteiger partial charge on any atom is -0.431 e. The summed E-state index contributed by atoms with van der Waals surface area (Å²) >= 11 is 7.39. The van der Waals surface area contributed by atoms with Crippen LogP contribution in [0.15, 0.2) is 52.1 Å². The monoisotopic (exact) mass is 290 g/mol. The summed E-state index contributed by atoms with van der Waals surface area (Å²) in [5.41, 5.74) is 9.30. The van der Waals surface area contributed by atoms with Crippen LogP contribution in [0.3, 0.4) is 0 Å². The van der Waals surface area contributed by atoms with Gasteiger partial charge >= 0.3 is 0 Å². The van der Waals surface area contributed by atoms with E-state index in [-0.39, 0.29) is 0 Å². The van der Waals surface area contributed by atoms with E-state index in [1.165, 1.54) is 11.8 Å². The normalized spacial score (nSPS) is 11.0. The van der Waals surface area contributed by atoms with Crippen LogP contribution >= 0.6 is 23.4 Å². The van der Waals surface area contributed by atoms with Gasteiger partial charge in [-0.25, -0.2) is 4.98 Å². The zero-order valence-electron chi connectivity index (χ0n) is 9.97. The average Bonchev–Trinajstić information content (AvgIpc) is 2.80. The summed E-state index contributed by atoms with van der Waals surface area (Å²) in [7, 11) is 0. The van der Waals surface area contributed by atoms with Crippen LogP contribution in [0.25, 0.3) is 11.1 Å². The Kier molecular flexibility index (Phi) is 3.36. The molecule has 0 fully saturated rings. The van der Waals surface area contributed by atoms with Gasteiger partial charge in [-0.2, -0.15) is 0 Å². The summed E-state index contributed by atoms with van der Waals surface area (Å²) in [6.45, 7) is 0. The van der Waals surface area contributed by atoms with E-state index in [0.29, 0.717) is 21.7 Å². The Morgan fingerprint density at radius 2 is 2.05 bits per heavy atom. The number of para-hydroxylation sites is 2. The molecule has 0 bridgehead atoms. The molecule has 1 aromatic heterocycles. The second-order valence-electron chi connectivity index (χ2n) is 4.08. The number of benzene rings is 2. The molecule has 2 N–H and O–H groups in total. The number of halogens is 1. The van der Waals surface area contributed by atoms with Gasteiger partial charge in [0.2, 0.25) is 0 Å². The number of aromatic nitrogens is 1. The Balaban J connectivity index is 1.78. The molecule has 0 atom stereocenters. The summed E-state index contributed by atoms with van der Waals surface area (Å²) in [5, 5.41) is 1.30. The third-order valence-electron chi connectivity index (χ3n) is 2.73. The van der Waals surface area contributed by atoms with Crippen molar-refractivity contribution in [3.8, 4) is 0 Å². The molecule has 0 radical (unpaired) electrons. The smallest absolute Gasteiger partial charge is 0.257 e. The Morgan fingerprint density at radius 1 is 1.21 bits per heavy atom. The molecule has 3 nitrogen and oxygen atoms in total. The predicted octanol–water partition coefficient (Wildman–Crippen LogP) is 4.36. The second-order valence-corrected chi connectivity index (χ2v) is 5.44. The fourth-order valence-corrected chi connectivity index (χ4v) is 2.78. The van der Waals surface area contributed by atoms with E-state index in [4.69, 9.17) is 21.8 Å². The molecule has 0 aliphatic heterocycles. The molecule has 1 heterocycles. The topological polar surface area (TPSA) is 52.0 Å². The maximum atomic E-state index is 5.91. The van der Waals surface area contributed by atoms with Crippen LogP contribution in [0.1, 0.15) is 5.56 Å². The maximum Gasteiger partial charge on any atom is 0.257 e.